The van der Waals surface area contributed by atoms with E-state index in [2.05, 4.69) is 101 Å². The molecule has 454 valence electrons. The van der Waals surface area contributed by atoms with Crippen molar-refractivity contribution in [3.63, 3.8) is 0 Å². The lowest BCUT2D eigenvalue weighted by Gasteiger charge is -2.40. The number of benzene rings is 3. The number of hydrogen-bond donors (Lipinski definition) is 2. The topological polar surface area (TPSA) is 276 Å². The van der Waals surface area contributed by atoms with Gasteiger partial charge in [-0.1, -0.05) is 97.6 Å². The van der Waals surface area contributed by atoms with E-state index in [0.717, 1.165) is 126 Å². The molecule has 4 N–H and O–H groups in total. The summed E-state index contributed by atoms with van der Waals surface area (Å²) in [6.45, 7) is 11.6. The Morgan fingerprint density at radius 2 is 0.753 bits per heavy atom. The van der Waals surface area contributed by atoms with Gasteiger partial charge in [0.2, 0.25) is 24.0 Å². The summed E-state index contributed by atoms with van der Waals surface area (Å²) in [5, 5.41) is 18.5. The maximum absolute atomic E-state index is 13.5. The first-order chi connectivity index (χ1) is 43.3. The van der Waals surface area contributed by atoms with Gasteiger partial charge in [-0.05, 0) is 90.7 Å². The minimum absolute atomic E-state index is 0.000572. The number of carbonyl (C=O) groups is 5. The third-order valence-corrected chi connectivity index (χ3v) is 19.6. The van der Waals surface area contributed by atoms with Gasteiger partial charge in [-0.2, -0.15) is 20.3 Å². The van der Waals surface area contributed by atoms with Crippen LogP contribution in [0, 0.1) is 40.6 Å². The number of anilines is 3. The summed E-state index contributed by atoms with van der Waals surface area (Å²) in [5.41, 5.74) is 14.4. The summed E-state index contributed by atoms with van der Waals surface area (Å²) in [5.74, 6) is 1.67. The Kier molecular flexibility index (Phi) is 15.9. The molecular weight excluding hydrogens is 1120 g/mol. The molecule has 0 radical (unpaired) electrons. The molecule has 15 rings (SSSR count). The van der Waals surface area contributed by atoms with Gasteiger partial charge in [-0.25, -0.2) is 35.0 Å². The third kappa shape index (κ3) is 11.9. The average Bonchev–Trinajstić information content (AvgIpc) is 1.71. The lowest BCUT2D eigenvalue weighted by molar-refractivity contribution is -0.141. The molecule has 6 fully saturated rings. The fourth-order valence-electron chi connectivity index (χ4n) is 14.3. The summed E-state index contributed by atoms with van der Waals surface area (Å²) >= 11 is 0. The van der Waals surface area contributed by atoms with Crippen molar-refractivity contribution in [1.29, 1.82) is 0 Å². The number of hydrogen-bond acceptors (Lipinski definition) is 17. The van der Waals surface area contributed by atoms with Gasteiger partial charge in [-0.3, -0.25) is 24.0 Å². The molecule has 3 saturated carbocycles. The van der Waals surface area contributed by atoms with Crippen molar-refractivity contribution < 1.29 is 24.0 Å². The van der Waals surface area contributed by atoms with Crippen molar-refractivity contribution in [3.05, 3.63) is 168 Å². The fourth-order valence-corrected chi connectivity index (χ4v) is 14.3. The zero-order chi connectivity index (χ0) is 61.3. The normalized spacial score (nSPS) is 24.3. The Morgan fingerprint density at radius 3 is 1.06 bits per heavy atom. The molecule has 9 heterocycles. The number of nitrogens with two attached hydrogens (primary N) is 2. The minimum Gasteiger partial charge on any atom is -0.364 e. The van der Waals surface area contributed by atoms with Gasteiger partial charge >= 0.3 is 0 Å². The van der Waals surface area contributed by atoms with Crippen LogP contribution in [0.25, 0.3) is 4.85 Å². The number of primary amides is 2. The van der Waals surface area contributed by atoms with Gasteiger partial charge in [0.1, 0.15) is 41.5 Å². The smallest absolute Gasteiger partial charge is 0.274 e. The number of rotatable bonds is 11. The van der Waals surface area contributed by atoms with Crippen molar-refractivity contribution in [1.82, 2.24) is 44.9 Å². The van der Waals surface area contributed by atoms with Gasteiger partial charge in [0.15, 0.2) is 0 Å². The molecule has 9 aliphatic rings. The molecule has 89 heavy (non-hydrogen) atoms. The van der Waals surface area contributed by atoms with Crippen LogP contribution in [0.1, 0.15) is 133 Å². The van der Waals surface area contributed by atoms with Gasteiger partial charge < -0.3 is 31.0 Å². The summed E-state index contributed by atoms with van der Waals surface area (Å²) in [6.07, 6.45) is 20.4. The predicted molar refractivity (Wildman–Crippen MR) is 333 cm³/mol. The first kappa shape index (κ1) is 58.2. The lowest BCUT2D eigenvalue weighted by Crippen LogP contribution is -2.48. The highest BCUT2D eigenvalue weighted by molar-refractivity contribution is 5.92. The van der Waals surface area contributed by atoms with Crippen molar-refractivity contribution in [2.24, 2.45) is 60.8 Å². The van der Waals surface area contributed by atoms with E-state index in [1.54, 1.807) is 33.2 Å². The monoisotopic (exact) mass is 1190 g/mol. The van der Waals surface area contributed by atoms with E-state index in [-0.39, 0.29) is 81.2 Å². The Balaban J connectivity index is 0.000000123. The molecule has 6 aliphatic heterocycles. The summed E-state index contributed by atoms with van der Waals surface area (Å²) in [6, 6.07) is 35.3. The molecule has 3 saturated heterocycles. The second kappa shape index (κ2) is 24.4. The predicted octanol–water partition coefficient (Wildman–Crippen LogP) is 7.88. The zero-order valence-corrected chi connectivity index (χ0v) is 49.4. The maximum atomic E-state index is 13.5. The fraction of sp³-hybridized carbons (Fsp3) is 0.409. The number of nitrogens with zero attached hydrogens (tertiary/aromatic N) is 16. The Labute approximate surface area is 515 Å². The van der Waals surface area contributed by atoms with Crippen molar-refractivity contribution in [3.8, 4) is 0 Å². The molecule has 3 aliphatic carbocycles. The number of piperidine rings is 3. The van der Waals surface area contributed by atoms with E-state index >= 15 is 0 Å². The van der Waals surface area contributed by atoms with Crippen LogP contribution in [0.2, 0.25) is 0 Å². The molecule has 6 aromatic rings. The number of hydrazone groups is 3. The van der Waals surface area contributed by atoms with Crippen LogP contribution in [-0.4, -0.2) is 132 Å². The van der Waals surface area contributed by atoms with Crippen LogP contribution >= 0.6 is 0 Å². The first-order valence-electron chi connectivity index (χ1n) is 30.7. The Hall–Kier alpha value is -9.85. The zero-order valence-electron chi connectivity index (χ0n) is 49.4. The molecule has 3 aromatic carbocycles. The van der Waals surface area contributed by atoms with Crippen LogP contribution in [0.15, 0.2) is 143 Å². The van der Waals surface area contributed by atoms with Crippen LogP contribution in [0.5, 0.6) is 0 Å². The molecule has 6 unspecified atom stereocenters. The van der Waals surface area contributed by atoms with E-state index in [4.69, 9.17) is 18.0 Å². The van der Waals surface area contributed by atoms with Crippen LogP contribution in [-0.2, 0) is 14.4 Å². The summed E-state index contributed by atoms with van der Waals surface area (Å²) < 4.78 is 0. The Bertz CT molecular complexity index is 3610. The largest absolute Gasteiger partial charge is 0.364 e. The number of aromatic nitrogens is 6. The number of amides is 5. The van der Waals surface area contributed by atoms with E-state index in [0.29, 0.717) is 30.5 Å². The highest BCUT2D eigenvalue weighted by Crippen LogP contribution is 2.59. The molecule has 23 heteroatoms. The standard InChI is InChI=1S/2C22H24N6O2.C22H22N6O/c2*23-20(29)17-12-19(25-14-24-17)27-11-7-16(22(13-27)8-9-22)21(30)28-18(6-10-26-28)15-4-2-1-3-5-15;1-23-19-13-20(25-15-24-19)27-12-8-17(22(14-27)9-10-22)21(29)28-18(7-11-26-28)16-5-3-2-4-6-16/h2*1-5,10,12,14,16,18H,6-9,11,13H2,(H2,23,29);2-6,11,13,15,17-18H,7-10,12,14H2. The van der Waals surface area contributed by atoms with Crippen LogP contribution in [0.3, 0.4) is 0 Å². The van der Waals surface area contributed by atoms with Gasteiger partial charge in [-0.15, -0.1) is 4.98 Å². The second-order valence-electron chi connectivity index (χ2n) is 24.9. The minimum atomic E-state index is -0.566. The van der Waals surface area contributed by atoms with E-state index in [1.807, 2.05) is 73.2 Å². The third-order valence-electron chi connectivity index (χ3n) is 19.6. The summed E-state index contributed by atoms with van der Waals surface area (Å²) in [7, 11) is 0. The van der Waals surface area contributed by atoms with Gasteiger partial charge in [0.05, 0.1) is 18.1 Å². The first-order valence-corrected chi connectivity index (χ1v) is 30.7. The highest BCUT2D eigenvalue weighted by Gasteiger charge is 2.59. The number of carbonyl (C=O) groups excluding carboxylic acids is 5. The summed E-state index contributed by atoms with van der Waals surface area (Å²) in [4.78, 5) is 98.2. The highest BCUT2D eigenvalue weighted by atomic mass is 16.2. The quantitative estimate of drug-likeness (QED) is 0.117. The molecule has 5 amide bonds. The van der Waals surface area contributed by atoms with Gasteiger partial charge in [0, 0.05) is 113 Å². The Morgan fingerprint density at radius 1 is 0.438 bits per heavy atom. The SMILES string of the molecule is NC(=O)c1cc(N2CCC(C(=O)N3N=CCC3c3ccccc3)C3(CC3)C2)ncn1.NC(=O)c1cc(N2CCC(C(=O)N3N=CCC3c3ccccc3)C3(CC3)C2)ncn1.[C-]#[N+]c1cc(N2CCC(C(=O)N3N=CCC3c3ccccc3)C3(CC3)C2)ncn1. The van der Waals surface area contributed by atoms with Crippen LogP contribution < -0.4 is 26.2 Å². The van der Waals surface area contributed by atoms with Crippen molar-refractivity contribution in [2.75, 3.05) is 54.0 Å². The van der Waals surface area contributed by atoms with E-state index in [1.165, 1.54) is 19.0 Å². The molecule has 6 atom stereocenters. The van der Waals surface area contributed by atoms with Gasteiger partial charge in [0.25, 0.3) is 17.6 Å². The average molecular weight is 1200 g/mol. The molecule has 23 nitrogen and oxygen atoms in total. The second-order valence-corrected chi connectivity index (χ2v) is 24.9. The molecule has 0 bridgehead atoms. The maximum Gasteiger partial charge on any atom is 0.274 e. The molecular formula is C66H70N18O5. The van der Waals surface area contributed by atoms with Crippen LogP contribution in [0.4, 0.5) is 23.3 Å². The van der Waals surface area contributed by atoms with E-state index in [9.17, 15) is 24.0 Å². The molecule has 3 spiro atoms. The van der Waals surface area contributed by atoms with Crippen molar-refractivity contribution in [2.45, 2.75) is 95.2 Å². The molecule has 3 aromatic heterocycles. The lowest BCUT2D eigenvalue weighted by atomic mass is 9.81. The van der Waals surface area contributed by atoms with Crippen molar-refractivity contribution >= 4 is 71.5 Å². The van der Waals surface area contributed by atoms with E-state index < -0.39 is 11.8 Å².